The lowest BCUT2D eigenvalue weighted by atomic mass is 9.94. The molecule has 1 aliphatic carbocycles. The molecular weight excluding hydrogens is 326 g/mol. The van der Waals surface area contributed by atoms with Crippen molar-refractivity contribution in [3.05, 3.63) is 0 Å². The van der Waals surface area contributed by atoms with Gasteiger partial charge in [0.1, 0.15) is 0 Å². The molecule has 0 aromatic rings. The van der Waals surface area contributed by atoms with Crippen LogP contribution in [0.2, 0.25) is 0 Å². The van der Waals surface area contributed by atoms with Crippen molar-refractivity contribution in [1.29, 1.82) is 0 Å². The lowest BCUT2D eigenvalue weighted by molar-refractivity contribution is -0.0921. The minimum absolute atomic E-state index is 0.178. The summed E-state index contributed by atoms with van der Waals surface area (Å²) in [5, 5.41) is 0. The van der Waals surface area contributed by atoms with Crippen molar-refractivity contribution in [2.45, 2.75) is 50.4 Å². The Balaban J connectivity index is 2.43. The largest absolute Gasteiger partial charge is 0.381 e. The van der Waals surface area contributed by atoms with Crippen molar-refractivity contribution < 1.29 is 9.47 Å². The zero-order chi connectivity index (χ0) is 11.3. The van der Waals surface area contributed by atoms with E-state index in [1.54, 1.807) is 7.11 Å². The fourth-order valence-electron chi connectivity index (χ4n) is 1.92. The van der Waals surface area contributed by atoms with Crippen LogP contribution >= 0.6 is 34.2 Å². The summed E-state index contributed by atoms with van der Waals surface area (Å²) in [5.74, 6) is 0.560. The molecule has 0 radical (unpaired) electrons. The third-order valence-corrected chi connectivity index (χ3v) is 5.11. The van der Waals surface area contributed by atoms with E-state index in [4.69, 9.17) is 21.1 Å². The first-order valence-electron chi connectivity index (χ1n) is 5.46. The molecule has 1 fully saturated rings. The molecule has 0 heterocycles. The van der Waals surface area contributed by atoms with E-state index in [1.807, 2.05) is 0 Å². The molecule has 3 atom stereocenters. The lowest BCUT2D eigenvalue weighted by Gasteiger charge is -2.35. The minimum Gasteiger partial charge on any atom is -0.381 e. The van der Waals surface area contributed by atoms with E-state index in [0.29, 0.717) is 18.1 Å². The first kappa shape index (κ1) is 14.0. The predicted octanol–water partition coefficient (Wildman–Crippen LogP) is 3.39. The van der Waals surface area contributed by atoms with Gasteiger partial charge < -0.3 is 9.47 Å². The average molecular weight is 347 g/mol. The molecule has 3 unspecified atom stereocenters. The quantitative estimate of drug-likeness (QED) is 0.561. The van der Waals surface area contributed by atoms with Crippen molar-refractivity contribution in [2.24, 2.45) is 0 Å². The molecule has 90 valence electrons. The van der Waals surface area contributed by atoms with Crippen LogP contribution in [-0.2, 0) is 9.47 Å². The van der Waals surface area contributed by atoms with Crippen molar-refractivity contribution in [2.75, 3.05) is 17.4 Å². The molecule has 1 saturated carbocycles. The highest BCUT2D eigenvalue weighted by Crippen LogP contribution is 2.28. The Hall–Kier alpha value is 0.940. The summed E-state index contributed by atoms with van der Waals surface area (Å²) in [6, 6.07) is 0. The Morgan fingerprint density at radius 3 is 2.60 bits per heavy atom. The van der Waals surface area contributed by atoms with E-state index in [-0.39, 0.29) is 5.60 Å². The van der Waals surface area contributed by atoms with Crippen LogP contribution in [0.4, 0.5) is 0 Å². The first-order chi connectivity index (χ1) is 7.13. The summed E-state index contributed by atoms with van der Waals surface area (Å²) in [6.07, 6.45) is 5.21. The van der Waals surface area contributed by atoms with E-state index >= 15 is 0 Å². The van der Waals surface area contributed by atoms with Gasteiger partial charge in [-0.15, -0.1) is 11.6 Å². The Bertz CT molecular complexity index is 185. The van der Waals surface area contributed by atoms with E-state index in [9.17, 15) is 0 Å². The normalized spacial score (nSPS) is 31.2. The summed E-state index contributed by atoms with van der Waals surface area (Å²) >= 11 is 8.27. The van der Waals surface area contributed by atoms with E-state index in [2.05, 4.69) is 29.5 Å². The summed E-state index contributed by atoms with van der Waals surface area (Å²) < 4.78 is 12.4. The van der Waals surface area contributed by atoms with Gasteiger partial charge in [0.2, 0.25) is 0 Å². The zero-order valence-corrected chi connectivity index (χ0v) is 12.4. The summed E-state index contributed by atoms with van der Waals surface area (Å²) in [6.45, 7) is 2.09. The average Bonchev–Trinajstić information content (AvgIpc) is 2.29. The van der Waals surface area contributed by atoms with Crippen LogP contribution in [0.15, 0.2) is 0 Å². The van der Waals surface area contributed by atoms with Gasteiger partial charge in [0.15, 0.2) is 0 Å². The summed E-state index contributed by atoms with van der Waals surface area (Å²) in [4.78, 5) is 0. The summed E-state index contributed by atoms with van der Waals surface area (Å²) in [5.41, 5.74) is -0.178. The molecule has 0 amide bonds. The van der Waals surface area contributed by atoms with E-state index in [0.717, 1.165) is 23.7 Å². The Labute approximate surface area is 111 Å². The van der Waals surface area contributed by atoms with Gasteiger partial charge in [-0.3, -0.25) is 0 Å². The highest BCUT2D eigenvalue weighted by atomic mass is 127. The third kappa shape index (κ3) is 4.36. The van der Waals surface area contributed by atoms with Crippen LogP contribution < -0.4 is 0 Å². The number of methoxy groups -OCH3 is 1. The molecular formula is C11H20ClIO2. The number of rotatable bonds is 5. The van der Waals surface area contributed by atoms with Gasteiger partial charge in [-0.2, -0.15) is 0 Å². The summed E-state index contributed by atoms with van der Waals surface area (Å²) in [7, 11) is 1.78. The Kier molecular flexibility index (Phi) is 6.18. The smallest absolute Gasteiger partial charge is 0.0881 e. The minimum atomic E-state index is -0.178. The van der Waals surface area contributed by atoms with Crippen LogP contribution in [0, 0.1) is 0 Å². The third-order valence-electron chi connectivity index (χ3n) is 2.93. The first-order valence-corrected chi connectivity index (χ1v) is 7.52. The molecule has 0 bridgehead atoms. The van der Waals surface area contributed by atoms with Crippen molar-refractivity contribution in [3.63, 3.8) is 0 Å². The molecule has 0 N–H and O–H groups in total. The van der Waals surface area contributed by atoms with Gasteiger partial charge in [0, 0.05) is 11.5 Å². The second kappa shape index (κ2) is 6.62. The van der Waals surface area contributed by atoms with Gasteiger partial charge in [0.25, 0.3) is 0 Å². The molecule has 2 nitrogen and oxygen atoms in total. The molecule has 0 saturated heterocycles. The molecule has 1 aliphatic rings. The number of alkyl halides is 2. The van der Waals surface area contributed by atoms with Crippen molar-refractivity contribution >= 4 is 34.2 Å². The van der Waals surface area contributed by atoms with E-state index in [1.165, 1.54) is 6.42 Å². The molecule has 4 heteroatoms. The second-order valence-electron chi connectivity index (χ2n) is 4.48. The Morgan fingerprint density at radius 1 is 1.40 bits per heavy atom. The van der Waals surface area contributed by atoms with Crippen LogP contribution in [0.5, 0.6) is 0 Å². The molecule has 0 aliphatic heterocycles. The predicted molar refractivity (Wildman–Crippen MR) is 72.2 cm³/mol. The maximum absolute atomic E-state index is 6.09. The molecule has 0 aromatic heterocycles. The molecule has 1 rings (SSSR count). The monoisotopic (exact) mass is 346 g/mol. The molecule has 0 spiro atoms. The number of ether oxygens (including phenoxy) is 2. The van der Waals surface area contributed by atoms with Crippen molar-refractivity contribution in [1.82, 2.24) is 0 Å². The van der Waals surface area contributed by atoms with Crippen LogP contribution in [0.25, 0.3) is 0 Å². The van der Waals surface area contributed by atoms with Crippen molar-refractivity contribution in [3.8, 4) is 0 Å². The number of halogens is 2. The molecule has 0 aromatic carbocycles. The van der Waals surface area contributed by atoms with Gasteiger partial charge in [-0.25, -0.2) is 0 Å². The van der Waals surface area contributed by atoms with Crippen LogP contribution in [0.3, 0.4) is 0 Å². The highest BCUT2D eigenvalue weighted by molar-refractivity contribution is 14.1. The van der Waals surface area contributed by atoms with Gasteiger partial charge in [-0.05, 0) is 32.6 Å². The zero-order valence-electron chi connectivity index (χ0n) is 9.47. The van der Waals surface area contributed by atoms with Crippen LogP contribution in [-0.4, -0.2) is 35.2 Å². The van der Waals surface area contributed by atoms with E-state index < -0.39 is 0 Å². The maximum Gasteiger partial charge on any atom is 0.0881 e. The maximum atomic E-state index is 6.09. The van der Waals surface area contributed by atoms with Gasteiger partial charge in [0.05, 0.1) is 23.7 Å². The van der Waals surface area contributed by atoms with Gasteiger partial charge >= 0.3 is 0 Å². The number of hydrogen-bond acceptors (Lipinski definition) is 2. The SMILES string of the molecule is COC1CCCC(OC(C)(CCl)CI)C1. The standard InChI is InChI=1S/C11H20ClIO2/c1-11(7-12,8-13)15-10-5-3-4-9(6-10)14-2/h9-10H,3-8H2,1-2H3. The Morgan fingerprint density at radius 2 is 2.07 bits per heavy atom. The fraction of sp³-hybridized carbons (Fsp3) is 1.00. The molecule has 15 heavy (non-hydrogen) atoms. The van der Waals surface area contributed by atoms with Gasteiger partial charge in [-0.1, -0.05) is 22.6 Å². The fourth-order valence-corrected chi connectivity index (χ4v) is 2.85. The highest BCUT2D eigenvalue weighted by Gasteiger charge is 2.30. The topological polar surface area (TPSA) is 18.5 Å². The lowest BCUT2D eigenvalue weighted by Crippen LogP contribution is -2.40. The second-order valence-corrected chi connectivity index (χ2v) is 5.51. The number of hydrogen-bond donors (Lipinski definition) is 0. The van der Waals surface area contributed by atoms with Crippen LogP contribution in [0.1, 0.15) is 32.6 Å².